The van der Waals surface area contributed by atoms with Crippen molar-refractivity contribution >= 4 is 40.8 Å². The lowest BCUT2D eigenvalue weighted by Gasteiger charge is -2.28. The molecule has 0 saturated heterocycles. The van der Waals surface area contributed by atoms with Crippen LogP contribution in [0.1, 0.15) is 44.2 Å². The molecule has 4 rings (SSSR count). The number of hydrogen-bond donors (Lipinski definition) is 3. The summed E-state index contributed by atoms with van der Waals surface area (Å²) in [4.78, 5) is 41.2. The van der Waals surface area contributed by atoms with E-state index < -0.39 is 17.5 Å². The minimum atomic E-state index is -0.555. The molecule has 1 aliphatic rings. The summed E-state index contributed by atoms with van der Waals surface area (Å²) in [6, 6.07) is 24.1. The summed E-state index contributed by atoms with van der Waals surface area (Å²) >= 11 is 6.03. The fourth-order valence-corrected chi connectivity index (χ4v) is 4.96. The van der Waals surface area contributed by atoms with Crippen molar-refractivity contribution in [3.05, 3.63) is 95.0 Å². The van der Waals surface area contributed by atoms with E-state index in [1.807, 2.05) is 75.4 Å². The number of rotatable bonds is 6. The van der Waals surface area contributed by atoms with Gasteiger partial charge in [-0.1, -0.05) is 66.2 Å². The molecule has 1 heterocycles. The summed E-state index contributed by atoms with van der Waals surface area (Å²) in [5.41, 5.74) is 2.87. The predicted octanol–water partition coefficient (Wildman–Crippen LogP) is 5.56. The number of benzene rings is 3. The average Bonchev–Trinajstić information content (AvgIpc) is 2.97. The summed E-state index contributed by atoms with van der Waals surface area (Å²) in [5, 5.41) is 9.07. The first-order chi connectivity index (χ1) is 18.1. The van der Waals surface area contributed by atoms with Gasteiger partial charge < -0.3 is 20.9 Å². The molecule has 2 unspecified atom stereocenters. The molecule has 0 aromatic heterocycles. The SMILES string of the molecule is CC(C)(C)NC(=O)CN1C(=O)C(CNC(=O)Nc2cccc(Cl)c2)CC(c2ccccc2)c2ccccc21. The zero-order valence-electron chi connectivity index (χ0n) is 21.8. The number of carbonyl (C=O) groups is 3. The van der Waals surface area contributed by atoms with Crippen molar-refractivity contribution in [2.45, 2.75) is 38.6 Å². The maximum atomic E-state index is 14.0. The number of carbonyl (C=O) groups excluding carboxylic acids is 3. The third kappa shape index (κ3) is 6.92. The highest BCUT2D eigenvalue weighted by molar-refractivity contribution is 6.30. The Kier molecular flexibility index (Phi) is 8.37. The van der Waals surface area contributed by atoms with Crippen LogP contribution >= 0.6 is 11.6 Å². The number of fused-ring (bicyclic) bond motifs is 1. The third-order valence-electron chi connectivity index (χ3n) is 6.35. The van der Waals surface area contributed by atoms with Gasteiger partial charge in [-0.2, -0.15) is 0 Å². The average molecular weight is 533 g/mol. The highest BCUT2D eigenvalue weighted by atomic mass is 35.5. The van der Waals surface area contributed by atoms with Crippen LogP contribution in [0.5, 0.6) is 0 Å². The standard InChI is InChI=1S/C30H33ClN4O3/c1-30(2,3)34-27(36)19-35-26-15-8-7-14-24(26)25(20-10-5-4-6-11-20)16-21(28(35)37)18-32-29(38)33-23-13-9-12-22(31)17-23/h4-15,17,21,25H,16,18-19H2,1-3H3,(H,34,36)(H2,32,33,38). The van der Waals surface area contributed by atoms with Crippen molar-refractivity contribution < 1.29 is 14.4 Å². The summed E-state index contributed by atoms with van der Waals surface area (Å²) < 4.78 is 0. The maximum absolute atomic E-state index is 14.0. The lowest BCUT2D eigenvalue weighted by atomic mass is 9.84. The lowest BCUT2D eigenvalue weighted by Crippen LogP contribution is -2.49. The minimum Gasteiger partial charge on any atom is -0.350 e. The van der Waals surface area contributed by atoms with E-state index in [1.54, 1.807) is 29.2 Å². The maximum Gasteiger partial charge on any atom is 0.319 e. The third-order valence-corrected chi connectivity index (χ3v) is 6.58. The van der Waals surface area contributed by atoms with Gasteiger partial charge in [-0.15, -0.1) is 0 Å². The summed E-state index contributed by atoms with van der Waals surface area (Å²) in [6.45, 7) is 5.71. The molecule has 1 aliphatic heterocycles. The van der Waals surface area contributed by atoms with Crippen molar-refractivity contribution in [2.24, 2.45) is 5.92 Å². The van der Waals surface area contributed by atoms with Crippen LogP contribution in [-0.2, 0) is 9.59 Å². The van der Waals surface area contributed by atoms with Gasteiger partial charge in [0.25, 0.3) is 0 Å². The highest BCUT2D eigenvalue weighted by Crippen LogP contribution is 2.40. The molecule has 0 bridgehead atoms. The number of amides is 4. The summed E-state index contributed by atoms with van der Waals surface area (Å²) in [6.07, 6.45) is 0.481. The Morgan fingerprint density at radius 3 is 2.39 bits per heavy atom. The van der Waals surface area contributed by atoms with E-state index in [2.05, 4.69) is 16.0 Å². The molecule has 38 heavy (non-hydrogen) atoms. The number of hydrogen-bond acceptors (Lipinski definition) is 3. The molecular weight excluding hydrogens is 500 g/mol. The Bertz CT molecular complexity index is 1310. The van der Waals surface area contributed by atoms with E-state index >= 15 is 0 Å². The highest BCUT2D eigenvalue weighted by Gasteiger charge is 2.36. The van der Waals surface area contributed by atoms with Gasteiger partial charge in [0.2, 0.25) is 11.8 Å². The zero-order valence-corrected chi connectivity index (χ0v) is 22.6. The van der Waals surface area contributed by atoms with Gasteiger partial charge in [0, 0.05) is 34.4 Å². The normalized spacial score (nSPS) is 17.3. The predicted molar refractivity (Wildman–Crippen MR) is 152 cm³/mol. The van der Waals surface area contributed by atoms with E-state index in [0.717, 1.165) is 11.1 Å². The van der Waals surface area contributed by atoms with Crippen molar-refractivity contribution in [1.29, 1.82) is 0 Å². The van der Waals surface area contributed by atoms with Crippen LogP contribution in [0.15, 0.2) is 78.9 Å². The second-order valence-corrected chi connectivity index (χ2v) is 11.0. The van der Waals surface area contributed by atoms with Gasteiger partial charge in [-0.3, -0.25) is 9.59 Å². The Balaban J connectivity index is 1.62. The van der Waals surface area contributed by atoms with Gasteiger partial charge in [0.1, 0.15) is 6.54 Å². The molecule has 3 aromatic carbocycles. The van der Waals surface area contributed by atoms with Crippen molar-refractivity contribution in [3.63, 3.8) is 0 Å². The first-order valence-electron chi connectivity index (χ1n) is 12.7. The van der Waals surface area contributed by atoms with Gasteiger partial charge in [0.15, 0.2) is 0 Å². The Morgan fingerprint density at radius 2 is 1.68 bits per heavy atom. The molecule has 4 amide bonds. The number of nitrogens with one attached hydrogen (secondary N) is 3. The van der Waals surface area contributed by atoms with Crippen molar-refractivity contribution in [2.75, 3.05) is 23.3 Å². The van der Waals surface area contributed by atoms with Crippen LogP contribution in [0.3, 0.4) is 0 Å². The van der Waals surface area contributed by atoms with Crippen LogP contribution in [0.25, 0.3) is 0 Å². The molecule has 8 heteroatoms. The molecule has 0 aliphatic carbocycles. The molecule has 0 fully saturated rings. The van der Waals surface area contributed by atoms with Crippen LogP contribution < -0.4 is 20.9 Å². The van der Waals surface area contributed by atoms with Gasteiger partial charge in [-0.05, 0) is 62.6 Å². The van der Waals surface area contributed by atoms with Crippen LogP contribution in [0.2, 0.25) is 5.02 Å². The van der Waals surface area contributed by atoms with E-state index in [1.165, 1.54) is 0 Å². The van der Waals surface area contributed by atoms with Gasteiger partial charge >= 0.3 is 6.03 Å². The van der Waals surface area contributed by atoms with E-state index in [4.69, 9.17) is 11.6 Å². The summed E-state index contributed by atoms with van der Waals surface area (Å²) in [7, 11) is 0. The van der Waals surface area contributed by atoms with E-state index in [9.17, 15) is 14.4 Å². The number of anilines is 2. The molecule has 0 spiro atoms. The number of para-hydroxylation sites is 1. The van der Waals surface area contributed by atoms with Crippen LogP contribution in [-0.4, -0.2) is 36.5 Å². The molecule has 0 radical (unpaired) electrons. The largest absolute Gasteiger partial charge is 0.350 e. The zero-order chi connectivity index (χ0) is 27.3. The fourth-order valence-electron chi connectivity index (χ4n) is 4.77. The number of halogens is 1. The number of urea groups is 1. The van der Waals surface area contributed by atoms with Gasteiger partial charge in [-0.25, -0.2) is 4.79 Å². The van der Waals surface area contributed by atoms with Crippen LogP contribution in [0.4, 0.5) is 16.2 Å². The second kappa shape index (κ2) is 11.7. The molecule has 7 nitrogen and oxygen atoms in total. The monoisotopic (exact) mass is 532 g/mol. The van der Waals surface area contributed by atoms with Crippen molar-refractivity contribution in [1.82, 2.24) is 10.6 Å². The topological polar surface area (TPSA) is 90.5 Å². The van der Waals surface area contributed by atoms with E-state index in [-0.39, 0.29) is 30.8 Å². The molecule has 3 N–H and O–H groups in total. The smallest absolute Gasteiger partial charge is 0.319 e. The first kappa shape index (κ1) is 27.2. The molecule has 198 valence electrons. The minimum absolute atomic E-state index is 0.0881. The fraction of sp³-hybridized carbons (Fsp3) is 0.300. The summed E-state index contributed by atoms with van der Waals surface area (Å²) in [5.74, 6) is -1.10. The van der Waals surface area contributed by atoms with E-state index in [0.29, 0.717) is 22.8 Å². The quantitative estimate of drug-likeness (QED) is 0.388. The van der Waals surface area contributed by atoms with Crippen LogP contribution in [0, 0.1) is 5.92 Å². The molecular formula is C30H33ClN4O3. The first-order valence-corrected chi connectivity index (χ1v) is 13.1. The Labute approximate surface area is 228 Å². The Morgan fingerprint density at radius 1 is 0.974 bits per heavy atom. The second-order valence-electron chi connectivity index (χ2n) is 10.5. The molecule has 0 saturated carbocycles. The number of nitrogens with zero attached hydrogens (tertiary/aromatic N) is 1. The molecule has 3 aromatic rings. The molecule has 2 atom stereocenters. The Hall–Kier alpha value is -3.84. The van der Waals surface area contributed by atoms with Crippen molar-refractivity contribution in [3.8, 4) is 0 Å². The van der Waals surface area contributed by atoms with Gasteiger partial charge in [0.05, 0.1) is 5.92 Å². The lowest BCUT2D eigenvalue weighted by molar-refractivity contribution is -0.126.